The van der Waals surface area contributed by atoms with Gasteiger partial charge in [-0.25, -0.2) is 0 Å². The molecule has 0 spiro atoms. The normalized spacial score (nSPS) is 12.3. The highest BCUT2D eigenvalue weighted by Gasteiger charge is 2.29. The first-order chi connectivity index (χ1) is 8.79. The van der Waals surface area contributed by atoms with Gasteiger partial charge in [-0.3, -0.25) is 4.57 Å². The van der Waals surface area contributed by atoms with Gasteiger partial charge in [0.25, 0.3) is 6.01 Å². The van der Waals surface area contributed by atoms with Crippen molar-refractivity contribution >= 4 is 18.9 Å². The van der Waals surface area contributed by atoms with Crippen molar-refractivity contribution in [2.75, 3.05) is 5.73 Å². The molecular formula is C11H15N2O5P. The van der Waals surface area contributed by atoms with Crippen LogP contribution in [0, 0.1) is 5.92 Å². The number of aromatic nitrogens is 1. The minimum Gasteiger partial charge on any atom is -0.462 e. The molecule has 2 rings (SSSR count). The Morgan fingerprint density at radius 2 is 2.16 bits per heavy atom. The van der Waals surface area contributed by atoms with Crippen LogP contribution in [-0.2, 0) is 11.0 Å². The van der Waals surface area contributed by atoms with Gasteiger partial charge in [0, 0.05) is 6.42 Å². The fourth-order valence-electron chi connectivity index (χ4n) is 1.77. The van der Waals surface area contributed by atoms with Crippen LogP contribution in [0.1, 0.15) is 19.6 Å². The van der Waals surface area contributed by atoms with Crippen LogP contribution in [0.3, 0.4) is 0 Å². The quantitative estimate of drug-likeness (QED) is 0.728. The maximum absolute atomic E-state index is 11.4. The monoisotopic (exact) mass is 286 g/mol. The molecule has 8 heteroatoms. The predicted octanol–water partition coefficient (Wildman–Crippen LogP) is 1.52. The predicted molar refractivity (Wildman–Crippen MR) is 68.8 cm³/mol. The molecule has 4 N–H and O–H groups in total. The average Bonchev–Trinajstić information content (AvgIpc) is 2.82. The second kappa shape index (κ2) is 4.85. The first-order valence-electron chi connectivity index (χ1n) is 5.68. The molecule has 7 nitrogen and oxygen atoms in total. The number of hydrogen-bond acceptors (Lipinski definition) is 5. The molecule has 0 bridgehead atoms. The van der Waals surface area contributed by atoms with E-state index in [2.05, 4.69) is 4.98 Å². The smallest absolute Gasteiger partial charge is 0.360 e. The van der Waals surface area contributed by atoms with Crippen LogP contribution in [0.4, 0.5) is 6.01 Å². The van der Waals surface area contributed by atoms with Gasteiger partial charge in [-0.15, -0.1) is 0 Å². The molecule has 0 saturated carbocycles. The maximum Gasteiger partial charge on any atom is 0.360 e. The van der Waals surface area contributed by atoms with Crippen molar-refractivity contribution in [3.05, 3.63) is 18.1 Å². The number of nitrogen functional groups attached to an aromatic ring is 1. The largest absolute Gasteiger partial charge is 0.462 e. The highest BCUT2D eigenvalue weighted by Crippen LogP contribution is 2.39. The van der Waals surface area contributed by atoms with Crippen LogP contribution in [0.25, 0.3) is 11.5 Å². The number of oxazole rings is 1. The van der Waals surface area contributed by atoms with E-state index in [-0.39, 0.29) is 28.7 Å². The molecule has 0 aliphatic heterocycles. The zero-order chi connectivity index (χ0) is 14.2. The first-order valence-corrected chi connectivity index (χ1v) is 7.29. The van der Waals surface area contributed by atoms with Gasteiger partial charge in [0.2, 0.25) is 0 Å². The van der Waals surface area contributed by atoms with Gasteiger partial charge in [0.1, 0.15) is 11.1 Å². The van der Waals surface area contributed by atoms with Gasteiger partial charge in [-0.2, -0.15) is 4.98 Å². The number of furan rings is 1. The zero-order valence-electron chi connectivity index (χ0n) is 10.5. The lowest BCUT2D eigenvalue weighted by Gasteiger charge is -2.05. The van der Waals surface area contributed by atoms with E-state index in [1.54, 1.807) is 0 Å². The number of nitrogens with two attached hydrogens (primary N) is 1. The van der Waals surface area contributed by atoms with Crippen molar-refractivity contribution in [1.29, 1.82) is 0 Å². The Balaban J connectivity index is 2.54. The maximum atomic E-state index is 11.4. The number of nitrogens with zero attached hydrogens (tertiary/aromatic N) is 1. The third-order valence-electron chi connectivity index (χ3n) is 2.48. The molecule has 0 aliphatic carbocycles. The fourth-order valence-corrected chi connectivity index (χ4v) is 2.44. The van der Waals surface area contributed by atoms with Crippen LogP contribution in [0.15, 0.2) is 21.2 Å². The Morgan fingerprint density at radius 3 is 2.74 bits per heavy atom. The second-order valence-corrected chi connectivity index (χ2v) is 6.17. The molecular weight excluding hydrogens is 271 g/mol. The summed E-state index contributed by atoms with van der Waals surface area (Å²) in [7, 11) is -4.43. The highest BCUT2D eigenvalue weighted by molar-refractivity contribution is 7.60. The summed E-state index contributed by atoms with van der Waals surface area (Å²) in [6.45, 7) is 3.96. The van der Waals surface area contributed by atoms with Gasteiger partial charge < -0.3 is 24.4 Å². The Kier molecular flexibility index (Phi) is 3.54. The Labute approximate surface area is 109 Å². The van der Waals surface area contributed by atoms with Crippen molar-refractivity contribution < 1.29 is 23.2 Å². The summed E-state index contributed by atoms with van der Waals surface area (Å²) >= 11 is 0. The van der Waals surface area contributed by atoms with Crippen molar-refractivity contribution in [2.45, 2.75) is 20.3 Å². The van der Waals surface area contributed by atoms with Crippen LogP contribution >= 0.6 is 7.60 Å². The van der Waals surface area contributed by atoms with Crippen LogP contribution in [0.5, 0.6) is 0 Å². The lowest BCUT2D eigenvalue weighted by Crippen LogP contribution is -2.05. The van der Waals surface area contributed by atoms with E-state index >= 15 is 0 Å². The minimum atomic E-state index is -4.43. The summed E-state index contributed by atoms with van der Waals surface area (Å²) in [6.07, 6.45) is 1.74. The van der Waals surface area contributed by atoms with Crippen molar-refractivity contribution in [1.82, 2.24) is 4.98 Å². The molecule has 19 heavy (non-hydrogen) atoms. The summed E-state index contributed by atoms with van der Waals surface area (Å²) in [6, 6.07) is 1.17. The second-order valence-electron chi connectivity index (χ2n) is 4.60. The molecule has 104 valence electrons. The topological polar surface area (TPSA) is 123 Å². The lowest BCUT2D eigenvalue weighted by atomic mass is 10.1. The molecule has 0 aromatic carbocycles. The van der Waals surface area contributed by atoms with E-state index < -0.39 is 7.60 Å². The Hall–Kier alpha value is -1.56. The summed E-state index contributed by atoms with van der Waals surface area (Å²) in [5, 5.41) is -0.217. The standard InChI is InChI=1S/C11H15N2O5P/c1-6(2)5-7-9(13-11(12)18-7)10-8(3-4-17-10)19(14,15)16/h3-4,6H,5H2,1-2H3,(H2,12,13)(H2,14,15,16). The number of rotatable bonds is 4. The van der Waals surface area contributed by atoms with Crippen LogP contribution in [-0.4, -0.2) is 14.8 Å². The van der Waals surface area contributed by atoms with E-state index in [4.69, 9.17) is 14.6 Å². The van der Waals surface area contributed by atoms with Gasteiger partial charge in [0.15, 0.2) is 11.5 Å². The number of anilines is 1. The van der Waals surface area contributed by atoms with E-state index in [9.17, 15) is 14.4 Å². The molecule has 0 amide bonds. The zero-order valence-corrected chi connectivity index (χ0v) is 11.4. The lowest BCUT2D eigenvalue weighted by molar-refractivity contribution is 0.387. The molecule has 0 atom stereocenters. The van der Waals surface area contributed by atoms with Gasteiger partial charge in [-0.1, -0.05) is 13.8 Å². The molecule has 0 fully saturated rings. The summed E-state index contributed by atoms with van der Waals surface area (Å²) in [5.41, 5.74) is 5.75. The van der Waals surface area contributed by atoms with Crippen molar-refractivity contribution in [2.24, 2.45) is 5.92 Å². The van der Waals surface area contributed by atoms with E-state index in [0.717, 1.165) is 0 Å². The third-order valence-corrected chi connectivity index (χ3v) is 3.46. The SMILES string of the molecule is CC(C)Cc1oc(N)nc1-c1occc1P(=O)(O)O. The van der Waals surface area contributed by atoms with Crippen molar-refractivity contribution in [3.8, 4) is 11.5 Å². The first kappa shape index (κ1) is 13.9. The van der Waals surface area contributed by atoms with Crippen molar-refractivity contribution in [3.63, 3.8) is 0 Å². The molecule has 0 aliphatic rings. The molecule has 0 saturated heterocycles. The van der Waals surface area contributed by atoms with Gasteiger partial charge >= 0.3 is 7.60 Å². The highest BCUT2D eigenvalue weighted by atomic mass is 31.2. The van der Waals surface area contributed by atoms with Crippen LogP contribution < -0.4 is 11.0 Å². The Morgan fingerprint density at radius 1 is 1.47 bits per heavy atom. The van der Waals surface area contributed by atoms with E-state index in [0.29, 0.717) is 12.2 Å². The molecule has 0 radical (unpaired) electrons. The van der Waals surface area contributed by atoms with Gasteiger partial charge in [0.05, 0.1) is 6.26 Å². The fraction of sp³-hybridized carbons (Fsp3) is 0.364. The van der Waals surface area contributed by atoms with Gasteiger partial charge in [-0.05, 0) is 12.0 Å². The molecule has 2 heterocycles. The third kappa shape index (κ3) is 2.89. The Bertz CT molecular complexity index is 625. The van der Waals surface area contributed by atoms with E-state index in [1.807, 2.05) is 13.8 Å². The summed E-state index contributed by atoms with van der Waals surface area (Å²) in [5.74, 6) is 0.737. The minimum absolute atomic E-state index is 0.00410. The van der Waals surface area contributed by atoms with E-state index in [1.165, 1.54) is 12.3 Å². The summed E-state index contributed by atoms with van der Waals surface area (Å²) in [4.78, 5) is 22.5. The molecule has 2 aromatic heterocycles. The average molecular weight is 286 g/mol. The molecule has 2 aromatic rings. The molecule has 0 unspecified atom stereocenters. The number of hydrogen-bond donors (Lipinski definition) is 3. The van der Waals surface area contributed by atoms with Crippen LogP contribution in [0.2, 0.25) is 0 Å². The summed E-state index contributed by atoms with van der Waals surface area (Å²) < 4.78 is 21.8.